The van der Waals surface area contributed by atoms with Crippen LogP contribution in [-0.2, 0) is 0 Å². The molecule has 8 heteroatoms. The molecule has 5 nitrogen and oxygen atoms in total. The average Bonchev–Trinajstić information content (AvgIpc) is 2.54. The van der Waals surface area contributed by atoms with Crippen LogP contribution in [0.5, 0.6) is 0 Å². The number of halogens is 1. The summed E-state index contributed by atoms with van der Waals surface area (Å²) < 4.78 is 5.85. The fraction of sp³-hybridized carbons (Fsp3) is 0.250. The molecule has 0 amide bonds. The molecule has 66 valence electrons. The van der Waals surface area contributed by atoms with Crippen LogP contribution in [0.25, 0.3) is 4.96 Å². The summed E-state index contributed by atoms with van der Waals surface area (Å²) in [4.78, 5) is 0.742. The third-order valence-electron chi connectivity index (χ3n) is 1.24. The highest BCUT2D eigenvalue weighted by atomic mass is 79.9. The van der Waals surface area contributed by atoms with Gasteiger partial charge in [-0.3, -0.25) is 0 Å². The van der Waals surface area contributed by atoms with Crippen molar-refractivity contribution in [2.75, 3.05) is 12.0 Å². The Kier molecular flexibility index (Phi) is 2.91. The summed E-state index contributed by atoms with van der Waals surface area (Å²) in [6.07, 6.45) is 1.94. The van der Waals surface area contributed by atoms with Gasteiger partial charge in [-0.25, -0.2) is 4.40 Å². The second kappa shape index (κ2) is 3.58. The largest absolute Gasteiger partial charge is 0.367 e. The molecule has 0 aromatic carbocycles. The van der Waals surface area contributed by atoms with E-state index in [1.807, 2.05) is 6.26 Å². The van der Waals surface area contributed by atoms with E-state index in [2.05, 4.69) is 14.6 Å². The first kappa shape index (κ1) is 9.75. The number of thioether (sulfide) groups is 1. The topological polar surface area (TPSA) is 69.1 Å². The zero-order valence-corrected chi connectivity index (χ0v) is 9.44. The normalized spacial score (nSPS) is 10.1. The number of anilines is 1. The molecule has 2 aromatic heterocycles. The number of nitrogen functional groups attached to an aromatic ring is 1. The molecule has 2 heterocycles. The quantitative estimate of drug-likeness (QED) is 0.783. The maximum absolute atomic E-state index is 5.54. The molecule has 0 saturated heterocycles. The van der Waals surface area contributed by atoms with Crippen molar-refractivity contribution >= 4 is 51.2 Å². The van der Waals surface area contributed by atoms with Crippen LogP contribution in [0, 0.1) is 0 Å². The van der Waals surface area contributed by atoms with Gasteiger partial charge in [0.15, 0.2) is 5.16 Å². The number of hydrogen-bond acceptors (Lipinski definition) is 6. The van der Waals surface area contributed by atoms with E-state index in [9.17, 15) is 0 Å². The summed E-state index contributed by atoms with van der Waals surface area (Å²) in [6, 6.07) is 0. The molecule has 0 aliphatic rings. The number of hydrogen-bond donors (Lipinski definition) is 1. The zero-order chi connectivity index (χ0) is 7.84. The van der Waals surface area contributed by atoms with Gasteiger partial charge >= 0.3 is 0 Å². The van der Waals surface area contributed by atoms with Crippen LogP contribution >= 0.6 is 40.3 Å². The number of nitrogens with two attached hydrogens (primary N) is 1. The molecule has 0 saturated carbocycles. The number of rotatable bonds is 1. The highest BCUT2D eigenvalue weighted by Crippen LogP contribution is 2.20. The van der Waals surface area contributed by atoms with Crippen LogP contribution in [0.15, 0.2) is 5.16 Å². The Balaban J connectivity index is 0.000000720. The van der Waals surface area contributed by atoms with Gasteiger partial charge in [-0.05, 0) is 6.26 Å². The van der Waals surface area contributed by atoms with E-state index in [1.165, 1.54) is 23.3 Å². The SMILES string of the molecule is Br.CSc1nsc2nnc(N)n12. The van der Waals surface area contributed by atoms with E-state index in [-0.39, 0.29) is 17.0 Å². The van der Waals surface area contributed by atoms with Gasteiger partial charge in [-0.2, -0.15) is 4.37 Å². The smallest absolute Gasteiger partial charge is 0.237 e. The van der Waals surface area contributed by atoms with Crippen LogP contribution in [0.1, 0.15) is 0 Å². The summed E-state index contributed by atoms with van der Waals surface area (Å²) in [5.74, 6) is 0.401. The predicted molar refractivity (Wildman–Crippen MR) is 55.2 cm³/mol. The molecule has 0 bridgehead atoms. The first-order valence-corrected chi connectivity index (χ1v) is 4.83. The zero-order valence-electron chi connectivity index (χ0n) is 6.09. The number of aromatic nitrogens is 4. The average molecular weight is 268 g/mol. The molecule has 0 fully saturated rings. The third kappa shape index (κ3) is 1.29. The Morgan fingerprint density at radius 1 is 1.50 bits per heavy atom. The monoisotopic (exact) mass is 267 g/mol. The summed E-state index contributed by atoms with van der Waals surface area (Å²) in [5.41, 5.74) is 5.54. The van der Waals surface area contributed by atoms with Crippen molar-refractivity contribution in [3.63, 3.8) is 0 Å². The molecule has 2 aromatic rings. The van der Waals surface area contributed by atoms with Crippen LogP contribution < -0.4 is 5.73 Å². The van der Waals surface area contributed by atoms with Crippen molar-refractivity contribution in [2.45, 2.75) is 5.16 Å². The minimum absolute atomic E-state index is 0. The minimum atomic E-state index is 0. The van der Waals surface area contributed by atoms with Gasteiger partial charge < -0.3 is 5.73 Å². The molecule has 0 atom stereocenters. The molecule has 0 spiro atoms. The van der Waals surface area contributed by atoms with Gasteiger partial charge in [-0.15, -0.1) is 27.2 Å². The highest BCUT2D eigenvalue weighted by Gasteiger charge is 2.08. The lowest BCUT2D eigenvalue weighted by Crippen LogP contribution is -1.93. The summed E-state index contributed by atoms with van der Waals surface area (Å²) >= 11 is 2.82. The lowest BCUT2D eigenvalue weighted by molar-refractivity contribution is 0.979. The second-order valence-corrected chi connectivity index (χ2v) is 3.35. The standard InChI is InChI=1S/C4H5N5S2.BrH/c1-10-4-8-11-3-7-6-2(5)9(3)4;/h1H3,(H2,5,6);1H. The van der Waals surface area contributed by atoms with Gasteiger partial charge in [0.25, 0.3) is 0 Å². The molecule has 0 unspecified atom stereocenters. The van der Waals surface area contributed by atoms with Crippen LogP contribution in [0.4, 0.5) is 5.95 Å². The van der Waals surface area contributed by atoms with Gasteiger partial charge in [0.1, 0.15) is 0 Å². The molecule has 0 aliphatic carbocycles. The number of fused-ring (bicyclic) bond motifs is 1. The van der Waals surface area contributed by atoms with Crippen molar-refractivity contribution in [2.24, 2.45) is 0 Å². The van der Waals surface area contributed by atoms with Gasteiger partial charge in [0.05, 0.1) is 0 Å². The lowest BCUT2D eigenvalue weighted by atomic mass is 11.0. The van der Waals surface area contributed by atoms with Crippen LogP contribution in [0.3, 0.4) is 0 Å². The summed E-state index contributed by atoms with van der Waals surface area (Å²) in [6.45, 7) is 0. The van der Waals surface area contributed by atoms with Crippen molar-refractivity contribution in [1.82, 2.24) is 19.0 Å². The molecule has 12 heavy (non-hydrogen) atoms. The van der Waals surface area contributed by atoms with Gasteiger partial charge in [0.2, 0.25) is 10.9 Å². The predicted octanol–water partition coefficient (Wildman–Crippen LogP) is 1.07. The van der Waals surface area contributed by atoms with E-state index in [0.717, 1.165) is 10.1 Å². The van der Waals surface area contributed by atoms with E-state index in [4.69, 9.17) is 5.73 Å². The Morgan fingerprint density at radius 2 is 2.25 bits per heavy atom. The Bertz CT molecular complexity index is 382. The van der Waals surface area contributed by atoms with Crippen LogP contribution in [-0.4, -0.2) is 25.2 Å². The lowest BCUT2D eigenvalue weighted by Gasteiger charge is -1.89. The molecule has 0 aliphatic heterocycles. The fourth-order valence-electron chi connectivity index (χ4n) is 0.770. The summed E-state index contributed by atoms with van der Waals surface area (Å²) in [7, 11) is 0. The van der Waals surface area contributed by atoms with E-state index >= 15 is 0 Å². The maximum atomic E-state index is 5.54. The van der Waals surface area contributed by atoms with E-state index < -0.39 is 0 Å². The highest BCUT2D eigenvalue weighted by molar-refractivity contribution is 8.93. The van der Waals surface area contributed by atoms with E-state index in [1.54, 1.807) is 4.40 Å². The Hall–Kier alpha value is -0.340. The van der Waals surface area contributed by atoms with Crippen molar-refractivity contribution in [3.8, 4) is 0 Å². The second-order valence-electron chi connectivity index (χ2n) is 1.85. The third-order valence-corrected chi connectivity index (χ3v) is 2.68. The first-order valence-electron chi connectivity index (χ1n) is 2.83. The first-order chi connectivity index (χ1) is 5.33. The Morgan fingerprint density at radius 3 is 2.92 bits per heavy atom. The van der Waals surface area contributed by atoms with Crippen molar-refractivity contribution < 1.29 is 0 Å². The van der Waals surface area contributed by atoms with Gasteiger partial charge in [0, 0.05) is 11.5 Å². The van der Waals surface area contributed by atoms with Crippen molar-refractivity contribution in [1.29, 1.82) is 0 Å². The van der Waals surface area contributed by atoms with E-state index in [0.29, 0.717) is 5.95 Å². The molecular weight excluding hydrogens is 262 g/mol. The molecule has 2 N–H and O–H groups in total. The number of nitrogens with zero attached hydrogens (tertiary/aromatic N) is 4. The fourth-order valence-corrected chi connectivity index (χ4v) is 2.18. The maximum Gasteiger partial charge on any atom is 0.237 e. The molecule has 2 rings (SSSR count). The summed E-state index contributed by atoms with van der Waals surface area (Å²) in [5, 5.41) is 8.37. The minimum Gasteiger partial charge on any atom is -0.367 e. The molecule has 0 radical (unpaired) electrons. The van der Waals surface area contributed by atoms with Crippen LogP contribution in [0.2, 0.25) is 0 Å². The van der Waals surface area contributed by atoms with Gasteiger partial charge in [-0.1, -0.05) is 11.8 Å². The molecular formula is C4H6BrN5S2. The Labute approximate surface area is 87.3 Å². The van der Waals surface area contributed by atoms with Crippen molar-refractivity contribution in [3.05, 3.63) is 0 Å².